The summed E-state index contributed by atoms with van der Waals surface area (Å²) in [5.74, 6) is 0.755. The van der Waals surface area contributed by atoms with Crippen molar-refractivity contribution >= 4 is 11.7 Å². The minimum absolute atomic E-state index is 0.0279. The van der Waals surface area contributed by atoms with Crippen molar-refractivity contribution in [2.75, 3.05) is 50.7 Å². The third-order valence-corrected chi connectivity index (χ3v) is 5.87. The van der Waals surface area contributed by atoms with Gasteiger partial charge in [-0.05, 0) is 43.6 Å². The summed E-state index contributed by atoms with van der Waals surface area (Å²) < 4.78 is 0. The van der Waals surface area contributed by atoms with E-state index in [0.717, 1.165) is 45.1 Å². The lowest BCUT2D eigenvalue weighted by Crippen LogP contribution is -2.47. The molecule has 6 nitrogen and oxygen atoms in total. The molecule has 0 radical (unpaired) electrons. The first kappa shape index (κ1) is 19.9. The molecular formula is C23H31N5O. The molecule has 0 saturated carbocycles. The van der Waals surface area contributed by atoms with Crippen molar-refractivity contribution in [1.29, 1.82) is 0 Å². The number of carbonyl (C=O) groups is 1. The highest BCUT2D eigenvalue weighted by atomic mass is 16.1. The molecule has 2 fully saturated rings. The second kappa shape index (κ2) is 9.85. The monoisotopic (exact) mass is 393 g/mol. The van der Waals surface area contributed by atoms with Gasteiger partial charge >= 0.3 is 0 Å². The van der Waals surface area contributed by atoms with Gasteiger partial charge in [0.05, 0.1) is 5.56 Å². The molecule has 0 bridgehead atoms. The van der Waals surface area contributed by atoms with Crippen LogP contribution in [0.25, 0.3) is 0 Å². The van der Waals surface area contributed by atoms with E-state index in [-0.39, 0.29) is 11.9 Å². The molecule has 1 amide bonds. The maximum absolute atomic E-state index is 12.9. The van der Waals surface area contributed by atoms with Crippen molar-refractivity contribution < 1.29 is 4.79 Å². The fraction of sp³-hybridized carbons (Fsp3) is 0.478. The second-order valence-electron chi connectivity index (χ2n) is 7.90. The summed E-state index contributed by atoms with van der Waals surface area (Å²) in [4.78, 5) is 22.1. The molecule has 2 aromatic rings. The van der Waals surface area contributed by atoms with Gasteiger partial charge in [-0.2, -0.15) is 0 Å². The Kier molecular flexibility index (Phi) is 6.75. The number of hydrogen-bond acceptors (Lipinski definition) is 5. The number of carbonyl (C=O) groups excluding carboxylic acids is 1. The molecule has 1 unspecified atom stereocenters. The Morgan fingerprint density at radius 2 is 1.90 bits per heavy atom. The summed E-state index contributed by atoms with van der Waals surface area (Å²) in [6.07, 6.45) is 5.65. The summed E-state index contributed by atoms with van der Waals surface area (Å²) in [6.45, 7) is 6.41. The van der Waals surface area contributed by atoms with Gasteiger partial charge in [0.1, 0.15) is 5.82 Å². The predicted molar refractivity (Wildman–Crippen MR) is 116 cm³/mol. The molecule has 4 rings (SSSR count). The lowest BCUT2D eigenvalue weighted by molar-refractivity contribution is 0.0946. The van der Waals surface area contributed by atoms with Crippen LogP contribution in [-0.2, 0) is 0 Å². The van der Waals surface area contributed by atoms with Gasteiger partial charge in [-0.25, -0.2) is 4.98 Å². The smallest absolute Gasteiger partial charge is 0.255 e. The summed E-state index contributed by atoms with van der Waals surface area (Å²) in [7, 11) is 0. The van der Waals surface area contributed by atoms with Crippen molar-refractivity contribution in [3.63, 3.8) is 0 Å². The summed E-state index contributed by atoms with van der Waals surface area (Å²) in [6, 6.07) is 14.4. The summed E-state index contributed by atoms with van der Waals surface area (Å²) >= 11 is 0. The van der Waals surface area contributed by atoms with E-state index >= 15 is 0 Å². The standard InChI is InChI=1S/C23H31N5O/c29-23(26-12-16-27-14-5-2-6-15-27)20-10-7-11-25-22(20)28-17-13-24-21(18-28)19-8-3-1-4-9-19/h1,3-4,7-11,21,24H,2,5-6,12-18H2,(H,26,29). The number of nitrogens with zero attached hydrogens (tertiary/aromatic N) is 3. The topological polar surface area (TPSA) is 60.5 Å². The zero-order chi connectivity index (χ0) is 19.9. The molecule has 2 saturated heterocycles. The SMILES string of the molecule is O=C(NCCN1CCCCC1)c1cccnc1N1CCNC(c2ccccc2)C1. The molecule has 2 aliphatic heterocycles. The number of amides is 1. The van der Waals surface area contributed by atoms with Crippen LogP contribution < -0.4 is 15.5 Å². The Bertz CT molecular complexity index is 791. The maximum Gasteiger partial charge on any atom is 0.255 e. The molecule has 0 aliphatic carbocycles. The van der Waals surface area contributed by atoms with Crippen LogP contribution in [0.1, 0.15) is 41.2 Å². The van der Waals surface area contributed by atoms with Crippen molar-refractivity contribution in [3.05, 3.63) is 59.8 Å². The third kappa shape index (κ3) is 5.14. The number of hydrogen-bond donors (Lipinski definition) is 2. The van der Waals surface area contributed by atoms with Gasteiger partial charge in [-0.3, -0.25) is 4.79 Å². The van der Waals surface area contributed by atoms with Crippen LogP contribution in [0.3, 0.4) is 0 Å². The molecule has 1 atom stereocenters. The normalized spacial score (nSPS) is 20.4. The average molecular weight is 394 g/mol. The van der Waals surface area contributed by atoms with E-state index in [1.807, 2.05) is 18.2 Å². The van der Waals surface area contributed by atoms with Gasteiger partial charge in [0.15, 0.2) is 0 Å². The number of anilines is 1. The van der Waals surface area contributed by atoms with Crippen LogP contribution in [0.2, 0.25) is 0 Å². The fourth-order valence-corrected chi connectivity index (χ4v) is 4.28. The molecule has 2 aliphatic rings. The highest BCUT2D eigenvalue weighted by Gasteiger charge is 2.25. The zero-order valence-electron chi connectivity index (χ0n) is 17.0. The quantitative estimate of drug-likeness (QED) is 0.789. The van der Waals surface area contributed by atoms with Crippen LogP contribution in [0.4, 0.5) is 5.82 Å². The second-order valence-corrected chi connectivity index (χ2v) is 7.90. The van der Waals surface area contributed by atoms with E-state index < -0.39 is 0 Å². The van der Waals surface area contributed by atoms with Crippen LogP contribution in [0, 0.1) is 0 Å². The Morgan fingerprint density at radius 1 is 1.07 bits per heavy atom. The molecule has 3 heterocycles. The molecule has 154 valence electrons. The Labute approximate surface area is 173 Å². The molecule has 29 heavy (non-hydrogen) atoms. The molecule has 6 heteroatoms. The number of pyridine rings is 1. The minimum Gasteiger partial charge on any atom is -0.353 e. The predicted octanol–water partition coefficient (Wildman–Crippen LogP) is 2.45. The van der Waals surface area contributed by atoms with Gasteiger partial charge in [-0.1, -0.05) is 36.8 Å². The fourth-order valence-electron chi connectivity index (χ4n) is 4.28. The highest BCUT2D eigenvalue weighted by Crippen LogP contribution is 2.23. The van der Waals surface area contributed by atoms with E-state index in [0.29, 0.717) is 12.1 Å². The molecule has 1 aromatic heterocycles. The summed E-state index contributed by atoms with van der Waals surface area (Å²) in [5.41, 5.74) is 1.93. The van der Waals surface area contributed by atoms with E-state index in [4.69, 9.17) is 0 Å². The number of piperazine rings is 1. The third-order valence-electron chi connectivity index (χ3n) is 5.87. The minimum atomic E-state index is -0.0279. The van der Waals surface area contributed by atoms with Crippen LogP contribution >= 0.6 is 0 Å². The number of likely N-dealkylation sites (tertiary alicyclic amines) is 1. The van der Waals surface area contributed by atoms with Crippen molar-refractivity contribution in [3.8, 4) is 0 Å². The van der Waals surface area contributed by atoms with Crippen LogP contribution in [0.5, 0.6) is 0 Å². The number of nitrogens with one attached hydrogen (secondary N) is 2. The maximum atomic E-state index is 12.9. The van der Waals surface area contributed by atoms with E-state index in [2.05, 4.69) is 49.7 Å². The van der Waals surface area contributed by atoms with Crippen molar-refractivity contribution in [2.45, 2.75) is 25.3 Å². The van der Waals surface area contributed by atoms with E-state index in [1.165, 1.54) is 24.8 Å². The van der Waals surface area contributed by atoms with Gasteiger partial charge in [-0.15, -0.1) is 0 Å². The zero-order valence-corrected chi connectivity index (χ0v) is 17.0. The first-order valence-electron chi connectivity index (χ1n) is 10.8. The lowest BCUT2D eigenvalue weighted by atomic mass is 10.0. The van der Waals surface area contributed by atoms with Crippen molar-refractivity contribution in [1.82, 2.24) is 20.5 Å². The molecule has 1 aromatic carbocycles. The largest absolute Gasteiger partial charge is 0.353 e. The number of rotatable bonds is 6. The van der Waals surface area contributed by atoms with Gasteiger partial charge in [0, 0.05) is 45.0 Å². The molecule has 2 N–H and O–H groups in total. The Balaban J connectivity index is 1.40. The van der Waals surface area contributed by atoms with Crippen LogP contribution in [0.15, 0.2) is 48.7 Å². The first-order chi connectivity index (χ1) is 14.3. The van der Waals surface area contributed by atoms with E-state index in [1.54, 1.807) is 6.20 Å². The van der Waals surface area contributed by atoms with Gasteiger partial charge < -0.3 is 20.4 Å². The Hall–Kier alpha value is -2.44. The molecule has 0 spiro atoms. The molecular weight excluding hydrogens is 362 g/mol. The lowest BCUT2D eigenvalue weighted by Gasteiger charge is -2.35. The van der Waals surface area contributed by atoms with E-state index in [9.17, 15) is 4.79 Å². The van der Waals surface area contributed by atoms with Crippen molar-refractivity contribution in [2.24, 2.45) is 0 Å². The Morgan fingerprint density at radius 3 is 2.72 bits per heavy atom. The number of piperidine rings is 1. The highest BCUT2D eigenvalue weighted by molar-refractivity contribution is 5.98. The van der Waals surface area contributed by atoms with Gasteiger partial charge in [0.25, 0.3) is 5.91 Å². The van der Waals surface area contributed by atoms with Crippen LogP contribution in [-0.4, -0.2) is 61.6 Å². The number of benzene rings is 1. The first-order valence-corrected chi connectivity index (χ1v) is 10.8. The summed E-state index contributed by atoms with van der Waals surface area (Å²) in [5, 5.41) is 6.68. The van der Waals surface area contributed by atoms with Gasteiger partial charge in [0.2, 0.25) is 0 Å². The average Bonchev–Trinajstić information content (AvgIpc) is 2.80. The number of aromatic nitrogens is 1.